The highest BCUT2D eigenvalue weighted by molar-refractivity contribution is 7.14. The van der Waals surface area contributed by atoms with Gasteiger partial charge in [-0.3, -0.25) is 0 Å². The van der Waals surface area contributed by atoms with Crippen LogP contribution >= 0.6 is 22.9 Å². The fraction of sp³-hybridized carbons (Fsp3) is 0.231. The molecular weight excluding hydrogens is 284 g/mol. The van der Waals surface area contributed by atoms with Crippen LogP contribution in [0, 0.1) is 0 Å². The van der Waals surface area contributed by atoms with E-state index >= 15 is 0 Å². The topological polar surface area (TPSA) is 42.4 Å². The third-order valence-corrected chi connectivity index (χ3v) is 3.65. The van der Waals surface area contributed by atoms with Gasteiger partial charge in [0.25, 0.3) is 0 Å². The zero-order valence-corrected chi connectivity index (χ0v) is 12.2. The van der Waals surface area contributed by atoms with Crippen LogP contribution in [0.4, 0.5) is 10.8 Å². The highest BCUT2D eigenvalue weighted by Gasteiger charge is 2.14. The van der Waals surface area contributed by atoms with Gasteiger partial charge >= 0.3 is 5.97 Å². The third-order valence-electron chi connectivity index (χ3n) is 2.48. The molecule has 0 saturated carbocycles. The van der Waals surface area contributed by atoms with Crippen molar-refractivity contribution in [2.24, 2.45) is 0 Å². The summed E-state index contributed by atoms with van der Waals surface area (Å²) in [6.07, 6.45) is 0. The van der Waals surface area contributed by atoms with E-state index in [1.807, 2.05) is 36.2 Å². The molecule has 2 rings (SSSR count). The summed E-state index contributed by atoms with van der Waals surface area (Å²) >= 11 is 7.24. The van der Waals surface area contributed by atoms with E-state index in [0.717, 1.165) is 10.8 Å². The second-order valence-electron chi connectivity index (χ2n) is 3.77. The Labute approximate surface area is 120 Å². The highest BCUT2D eigenvalue weighted by atomic mass is 35.5. The third kappa shape index (κ3) is 3.24. The first-order chi connectivity index (χ1) is 9.11. The van der Waals surface area contributed by atoms with E-state index in [2.05, 4.69) is 4.98 Å². The van der Waals surface area contributed by atoms with Gasteiger partial charge in [0.2, 0.25) is 0 Å². The Morgan fingerprint density at radius 3 is 2.74 bits per heavy atom. The molecule has 0 unspecified atom stereocenters. The molecule has 0 spiro atoms. The molecule has 0 aliphatic heterocycles. The maximum atomic E-state index is 11.5. The predicted octanol–water partition coefficient (Wildman–Crippen LogP) is 3.74. The number of hydrogen-bond donors (Lipinski definition) is 0. The fourth-order valence-electron chi connectivity index (χ4n) is 1.49. The van der Waals surface area contributed by atoms with Crippen molar-refractivity contribution in [1.82, 2.24) is 4.98 Å². The van der Waals surface area contributed by atoms with E-state index in [-0.39, 0.29) is 0 Å². The minimum atomic E-state index is -0.394. The maximum absolute atomic E-state index is 11.5. The molecule has 0 saturated heterocycles. The van der Waals surface area contributed by atoms with Gasteiger partial charge in [0, 0.05) is 23.1 Å². The fourth-order valence-corrected chi connectivity index (χ4v) is 2.40. The Bertz CT molecular complexity index is 568. The number of aromatic nitrogens is 1. The molecule has 0 fully saturated rings. The Kier molecular flexibility index (Phi) is 4.39. The average molecular weight is 297 g/mol. The number of thiazole rings is 1. The van der Waals surface area contributed by atoms with E-state index in [4.69, 9.17) is 16.3 Å². The number of carbonyl (C=O) groups excluding carboxylic acids is 1. The van der Waals surface area contributed by atoms with Gasteiger partial charge in [-0.15, -0.1) is 11.3 Å². The Morgan fingerprint density at radius 2 is 2.11 bits per heavy atom. The minimum Gasteiger partial charge on any atom is -0.461 e. The van der Waals surface area contributed by atoms with Crippen LogP contribution in [-0.2, 0) is 4.74 Å². The normalized spacial score (nSPS) is 10.3. The zero-order valence-electron chi connectivity index (χ0n) is 10.6. The Balaban J connectivity index is 2.18. The van der Waals surface area contributed by atoms with Crippen LogP contribution in [0.25, 0.3) is 0 Å². The van der Waals surface area contributed by atoms with Crippen molar-refractivity contribution in [1.29, 1.82) is 0 Å². The number of anilines is 2. The summed E-state index contributed by atoms with van der Waals surface area (Å²) in [6.45, 7) is 2.11. The van der Waals surface area contributed by atoms with Gasteiger partial charge in [-0.05, 0) is 31.2 Å². The number of halogens is 1. The summed E-state index contributed by atoms with van der Waals surface area (Å²) in [7, 11) is 1.89. The number of hydrogen-bond acceptors (Lipinski definition) is 5. The van der Waals surface area contributed by atoms with E-state index < -0.39 is 5.97 Å². The first kappa shape index (κ1) is 13.8. The average Bonchev–Trinajstić information content (AvgIpc) is 2.89. The SMILES string of the molecule is CCOC(=O)c1csc(N(C)c2ccc(Cl)cc2)n1. The zero-order chi connectivity index (χ0) is 13.8. The molecule has 0 atom stereocenters. The largest absolute Gasteiger partial charge is 0.461 e. The summed E-state index contributed by atoms with van der Waals surface area (Å²) < 4.78 is 4.91. The second kappa shape index (κ2) is 6.04. The lowest BCUT2D eigenvalue weighted by Crippen LogP contribution is -2.10. The van der Waals surface area contributed by atoms with Crippen LogP contribution in [0.2, 0.25) is 5.02 Å². The first-order valence-corrected chi connectivity index (χ1v) is 6.99. The molecule has 100 valence electrons. The van der Waals surface area contributed by atoms with E-state index in [1.165, 1.54) is 11.3 Å². The second-order valence-corrected chi connectivity index (χ2v) is 5.04. The Hall–Kier alpha value is -1.59. The molecule has 0 aliphatic carbocycles. The molecule has 2 aromatic rings. The Morgan fingerprint density at radius 1 is 1.42 bits per heavy atom. The van der Waals surface area contributed by atoms with Gasteiger partial charge in [0.1, 0.15) is 0 Å². The molecular formula is C13H13ClN2O2S. The van der Waals surface area contributed by atoms with Crippen LogP contribution in [-0.4, -0.2) is 24.6 Å². The maximum Gasteiger partial charge on any atom is 0.357 e. The molecule has 4 nitrogen and oxygen atoms in total. The number of benzene rings is 1. The van der Waals surface area contributed by atoms with Crippen molar-refractivity contribution in [2.75, 3.05) is 18.6 Å². The van der Waals surface area contributed by atoms with Crippen LogP contribution in [0.1, 0.15) is 17.4 Å². The number of carbonyl (C=O) groups is 1. The predicted molar refractivity (Wildman–Crippen MR) is 77.6 cm³/mol. The lowest BCUT2D eigenvalue weighted by Gasteiger charge is -2.15. The minimum absolute atomic E-state index is 0.336. The van der Waals surface area contributed by atoms with Crippen LogP contribution < -0.4 is 4.90 Å². The van der Waals surface area contributed by atoms with Crippen molar-refractivity contribution in [2.45, 2.75) is 6.92 Å². The van der Waals surface area contributed by atoms with Crippen LogP contribution in [0.5, 0.6) is 0 Å². The summed E-state index contributed by atoms with van der Waals surface area (Å²) in [6, 6.07) is 7.42. The number of esters is 1. The highest BCUT2D eigenvalue weighted by Crippen LogP contribution is 2.27. The summed E-state index contributed by atoms with van der Waals surface area (Å²) in [5.41, 5.74) is 1.29. The molecule has 1 aromatic carbocycles. The van der Waals surface area contributed by atoms with Crippen LogP contribution in [0.3, 0.4) is 0 Å². The number of rotatable bonds is 4. The van der Waals surface area contributed by atoms with Crippen molar-refractivity contribution in [3.8, 4) is 0 Å². The van der Waals surface area contributed by atoms with Crippen molar-refractivity contribution in [3.63, 3.8) is 0 Å². The molecule has 19 heavy (non-hydrogen) atoms. The summed E-state index contributed by atoms with van der Waals surface area (Å²) in [5.74, 6) is -0.394. The smallest absolute Gasteiger partial charge is 0.357 e. The molecule has 0 radical (unpaired) electrons. The van der Waals surface area contributed by atoms with E-state index in [1.54, 1.807) is 12.3 Å². The van der Waals surface area contributed by atoms with Gasteiger partial charge in [-0.25, -0.2) is 9.78 Å². The molecule has 0 N–H and O–H groups in total. The molecule has 1 heterocycles. The molecule has 0 amide bonds. The number of nitrogens with zero attached hydrogens (tertiary/aromatic N) is 2. The summed E-state index contributed by atoms with van der Waals surface area (Å²) in [4.78, 5) is 17.7. The standard InChI is InChI=1S/C13H13ClN2O2S/c1-3-18-12(17)11-8-19-13(15-11)16(2)10-6-4-9(14)5-7-10/h4-8H,3H2,1-2H3. The molecule has 1 aromatic heterocycles. The van der Waals surface area contributed by atoms with E-state index in [9.17, 15) is 4.79 Å². The molecule has 0 aliphatic rings. The lowest BCUT2D eigenvalue weighted by atomic mass is 10.3. The van der Waals surface area contributed by atoms with E-state index in [0.29, 0.717) is 17.3 Å². The van der Waals surface area contributed by atoms with Gasteiger partial charge < -0.3 is 9.64 Å². The molecule has 6 heteroatoms. The van der Waals surface area contributed by atoms with Crippen molar-refractivity contribution >= 4 is 39.7 Å². The quantitative estimate of drug-likeness (QED) is 0.806. The van der Waals surface area contributed by atoms with Gasteiger partial charge in [0.05, 0.1) is 6.61 Å². The van der Waals surface area contributed by atoms with Crippen molar-refractivity contribution in [3.05, 3.63) is 40.4 Å². The van der Waals surface area contributed by atoms with Gasteiger partial charge in [-0.1, -0.05) is 11.6 Å². The monoisotopic (exact) mass is 296 g/mol. The van der Waals surface area contributed by atoms with Crippen molar-refractivity contribution < 1.29 is 9.53 Å². The number of ether oxygens (including phenoxy) is 1. The van der Waals surface area contributed by atoms with Gasteiger partial charge in [0.15, 0.2) is 10.8 Å². The van der Waals surface area contributed by atoms with Gasteiger partial charge in [-0.2, -0.15) is 0 Å². The summed E-state index contributed by atoms with van der Waals surface area (Å²) in [5, 5.41) is 3.11. The first-order valence-electron chi connectivity index (χ1n) is 5.73. The molecule has 0 bridgehead atoms. The van der Waals surface area contributed by atoms with Crippen LogP contribution in [0.15, 0.2) is 29.6 Å². The lowest BCUT2D eigenvalue weighted by molar-refractivity contribution is 0.0520.